The topological polar surface area (TPSA) is 59.4 Å². The highest BCUT2D eigenvalue weighted by Gasteiger charge is 2.05. The van der Waals surface area contributed by atoms with E-state index in [1.807, 2.05) is 0 Å². The van der Waals surface area contributed by atoms with Crippen molar-refractivity contribution in [2.24, 2.45) is 0 Å². The average molecular weight is 307 g/mol. The fraction of sp³-hybridized carbons (Fsp3) is 0.333. The van der Waals surface area contributed by atoms with Gasteiger partial charge in [0, 0.05) is 10.5 Å². The second-order valence-electron chi connectivity index (χ2n) is 2.69. The molecular weight excluding hydrogens is 297 g/mol. The molecule has 0 unspecified atom stereocenters. The van der Waals surface area contributed by atoms with Gasteiger partial charge in [-0.2, -0.15) is 0 Å². The van der Waals surface area contributed by atoms with Gasteiger partial charge in [-0.05, 0) is 6.92 Å². The Labute approximate surface area is 95.4 Å². The van der Waals surface area contributed by atoms with Gasteiger partial charge in [0.25, 0.3) is 0 Å². The third kappa shape index (κ3) is 3.13. The summed E-state index contributed by atoms with van der Waals surface area (Å²) in [5.74, 6) is -0.00261. The van der Waals surface area contributed by atoms with Gasteiger partial charge in [0.05, 0.1) is 18.3 Å². The summed E-state index contributed by atoms with van der Waals surface area (Å²) >= 11 is 2.09. The predicted octanol–water partition coefficient (Wildman–Crippen LogP) is 1.83. The molecule has 4 nitrogen and oxygen atoms in total. The van der Waals surface area contributed by atoms with Crippen LogP contribution in [0, 0.1) is 6.92 Å². The van der Waals surface area contributed by atoms with E-state index in [1.165, 1.54) is 12.3 Å². The minimum atomic E-state index is -0.315. The zero-order valence-electron chi connectivity index (χ0n) is 7.66. The lowest BCUT2D eigenvalue weighted by molar-refractivity contribution is -0.133. The Morgan fingerprint density at radius 3 is 3.00 bits per heavy atom. The van der Waals surface area contributed by atoms with Gasteiger partial charge in [-0.1, -0.05) is 22.6 Å². The number of alkyl halides is 1. The molecule has 0 aliphatic rings. The maximum absolute atomic E-state index is 11.1. The van der Waals surface area contributed by atoms with Crippen LogP contribution in [0.3, 0.4) is 0 Å². The third-order valence-electron chi connectivity index (χ3n) is 1.57. The molecule has 0 amide bonds. The van der Waals surface area contributed by atoms with Crippen LogP contribution >= 0.6 is 22.6 Å². The summed E-state index contributed by atoms with van der Waals surface area (Å²) in [4.78, 5) is 14.9. The summed E-state index contributed by atoms with van der Waals surface area (Å²) in [5.41, 5.74) is 0.513. The molecule has 1 rings (SSSR count). The molecule has 0 aromatic carbocycles. The number of esters is 1. The van der Waals surface area contributed by atoms with Crippen LogP contribution < -0.4 is 4.74 Å². The van der Waals surface area contributed by atoms with E-state index in [2.05, 4.69) is 27.6 Å². The molecule has 0 saturated heterocycles. The van der Waals surface area contributed by atoms with Crippen LogP contribution in [0.25, 0.3) is 0 Å². The highest BCUT2D eigenvalue weighted by molar-refractivity contribution is 14.1. The largest absolute Gasteiger partial charge is 0.506 e. The van der Waals surface area contributed by atoms with E-state index < -0.39 is 0 Å². The van der Waals surface area contributed by atoms with Gasteiger partial charge in [0.15, 0.2) is 5.75 Å². The second kappa shape index (κ2) is 5.14. The number of pyridine rings is 1. The SMILES string of the molecule is Cc1ncc(OC(=O)CCI)cc1O. The zero-order chi connectivity index (χ0) is 10.6. The van der Waals surface area contributed by atoms with Crippen molar-refractivity contribution in [3.8, 4) is 11.5 Å². The van der Waals surface area contributed by atoms with Crippen molar-refractivity contribution < 1.29 is 14.6 Å². The quantitative estimate of drug-likeness (QED) is 0.526. The molecule has 76 valence electrons. The van der Waals surface area contributed by atoms with Crippen LogP contribution in [-0.2, 0) is 4.79 Å². The van der Waals surface area contributed by atoms with Crippen LogP contribution in [0.1, 0.15) is 12.1 Å². The molecule has 1 N–H and O–H groups in total. The van der Waals surface area contributed by atoms with E-state index in [9.17, 15) is 9.90 Å². The van der Waals surface area contributed by atoms with Crippen molar-refractivity contribution in [3.05, 3.63) is 18.0 Å². The zero-order valence-corrected chi connectivity index (χ0v) is 9.82. The standard InChI is InChI=1S/C9H10INO3/c1-6-8(12)4-7(5-11-6)14-9(13)2-3-10/h4-5,12H,2-3H2,1H3. The first-order valence-electron chi connectivity index (χ1n) is 4.05. The smallest absolute Gasteiger partial charge is 0.312 e. The molecule has 1 heterocycles. The highest BCUT2D eigenvalue weighted by Crippen LogP contribution is 2.20. The molecule has 5 heteroatoms. The molecule has 0 radical (unpaired) electrons. The first-order valence-corrected chi connectivity index (χ1v) is 5.58. The van der Waals surface area contributed by atoms with Crippen molar-refractivity contribution in [2.45, 2.75) is 13.3 Å². The van der Waals surface area contributed by atoms with E-state index >= 15 is 0 Å². The van der Waals surface area contributed by atoms with E-state index in [4.69, 9.17) is 4.74 Å². The number of halogens is 1. The van der Waals surface area contributed by atoms with Crippen LogP contribution in [0.5, 0.6) is 11.5 Å². The van der Waals surface area contributed by atoms with Gasteiger partial charge in [-0.25, -0.2) is 0 Å². The third-order valence-corrected chi connectivity index (χ3v) is 2.10. The minimum Gasteiger partial charge on any atom is -0.506 e. The van der Waals surface area contributed by atoms with Crippen LogP contribution in [0.4, 0.5) is 0 Å². The monoisotopic (exact) mass is 307 g/mol. The van der Waals surface area contributed by atoms with E-state index in [1.54, 1.807) is 6.92 Å². The maximum atomic E-state index is 11.1. The van der Waals surface area contributed by atoms with Gasteiger partial charge in [-0.3, -0.25) is 9.78 Å². The number of ether oxygens (including phenoxy) is 1. The highest BCUT2D eigenvalue weighted by atomic mass is 127. The summed E-state index contributed by atoms with van der Waals surface area (Å²) in [5, 5.41) is 9.29. The molecule has 1 aromatic rings. The van der Waals surface area contributed by atoms with Gasteiger partial charge in [-0.15, -0.1) is 0 Å². The van der Waals surface area contributed by atoms with Crippen LogP contribution in [-0.4, -0.2) is 20.5 Å². The molecule has 0 fully saturated rings. The maximum Gasteiger partial charge on any atom is 0.312 e. The Morgan fingerprint density at radius 1 is 1.71 bits per heavy atom. The van der Waals surface area contributed by atoms with Crippen molar-refractivity contribution in [1.29, 1.82) is 0 Å². The lowest BCUT2D eigenvalue weighted by Gasteiger charge is -2.03. The Hall–Kier alpha value is -0.850. The van der Waals surface area contributed by atoms with E-state index in [0.717, 1.165) is 0 Å². The number of hydrogen-bond donors (Lipinski definition) is 1. The lowest BCUT2D eigenvalue weighted by Crippen LogP contribution is -2.08. The summed E-state index contributed by atoms with van der Waals surface area (Å²) in [6.45, 7) is 1.67. The number of carbonyl (C=O) groups is 1. The fourth-order valence-corrected chi connectivity index (χ4v) is 1.26. The number of carbonyl (C=O) groups excluding carboxylic acids is 1. The first-order chi connectivity index (χ1) is 6.63. The van der Waals surface area contributed by atoms with Crippen LogP contribution in [0.15, 0.2) is 12.3 Å². The Bertz CT molecular complexity index is 341. The second-order valence-corrected chi connectivity index (χ2v) is 3.77. The lowest BCUT2D eigenvalue weighted by atomic mass is 10.3. The molecule has 0 aliphatic carbocycles. The molecule has 1 aromatic heterocycles. The van der Waals surface area contributed by atoms with Gasteiger partial charge in [0.2, 0.25) is 0 Å². The minimum absolute atomic E-state index is 0.0322. The summed E-state index contributed by atoms with van der Waals surface area (Å²) in [6.07, 6.45) is 1.77. The molecule has 0 spiro atoms. The molecule has 14 heavy (non-hydrogen) atoms. The fourth-order valence-electron chi connectivity index (χ4n) is 0.818. The summed E-state index contributed by atoms with van der Waals surface area (Å²) < 4.78 is 5.63. The number of aromatic nitrogens is 1. The van der Waals surface area contributed by atoms with Crippen molar-refractivity contribution in [2.75, 3.05) is 4.43 Å². The molecule has 0 atom stereocenters. The number of hydrogen-bond acceptors (Lipinski definition) is 4. The Morgan fingerprint density at radius 2 is 2.43 bits per heavy atom. The molecular formula is C9H10INO3. The average Bonchev–Trinajstić information content (AvgIpc) is 2.12. The summed E-state index contributed by atoms with van der Waals surface area (Å²) in [6, 6.07) is 1.38. The van der Waals surface area contributed by atoms with E-state index in [-0.39, 0.29) is 17.5 Å². The first kappa shape index (κ1) is 11.2. The molecule has 0 bridgehead atoms. The molecule has 0 aliphatic heterocycles. The number of nitrogens with zero attached hydrogens (tertiary/aromatic N) is 1. The van der Waals surface area contributed by atoms with Crippen LogP contribution in [0.2, 0.25) is 0 Å². The van der Waals surface area contributed by atoms with Gasteiger partial charge < -0.3 is 9.84 Å². The summed E-state index contributed by atoms with van der Waals surface area (Å²) in [7, 11) is 0. The normalized spacial score (nSPS) is 9.86. The number of aryl methyl sites for hydroxylation is 1. The van der Waals surface area contributed by atoms with Gasteiger partial charge >= 0.3 is 5.97 Å². The van der Waals surface area contributed by atoms with Crippen molar-refractivity contribution in [3.63, 3.8) is 0 Å². The van der Waals surface area contributed by atoms with E-state index in [0.29, 0.717) is 16.5 Å². The number of rotatable bonds is 3. The molecule has 0 saturated carbocycles. The van der Waals surface area contributed by atoms with Crippen molar-refractivity contribution >= 4 is 28.6 Å². The van der Waals surface area contributed by atoms with Gasteiger partial charge in [0.1, 0.15) is 5.75 Å². The Balaban J connectivity index is 2.68. The number of aromatic hydroxyl groups is 1. The van der Waals surface area contributed by atoms with Crippen molar-refractivity contribution in [1.82, 2.24) is 4.98 Å². The predicted molar refractivity (Wildman–Crippen MR) is 59.8 cm³/mol. The Kier molecular flexibility index (Phi) is 4.12.